The number of hydrogen-bond acceptors (Lipinski definition) is 2. The van der Waals surface area contributed by atoms with Gasteiger partial charge in [0.25, 0.3) is 0 Å². The van der Waals surface area contributed by atoms with E-state index in [1.807, 2.05) is 18.7 Å². The van der Waals surface area contributed by atoms with Gasteiger partial charge in [0.05, 0.1) is 0 Å². The second-order valence-electron chi connectivity index (χ2n) is 6.55. The third-order valence-electron chi connectivity index (χ3n) is 4.25. The molecule has 0 saturated carbocycles. The van der Waals surface area contributed by atoms with Crippen molar-refractivity contribution in [3.05, 3.63) is 35.4 Å². The number of benzene rings is 1. The van der Waals surface area contributed by atoms with E-state index in [1.54, 1.807) is 7.05 Å². The van der Waals surface area contributed by atoms with Crippen LogP contribution in [0, 0.1) is 17.6 Å². The van der Waals surface area contributed by atoms with Crippen LogP contribution < -0.4 is 10.6 Å². The molecule has 25 heavy (non-hydrogen) atoms. The molecule has 1 saturated heterocycles. The number of carbonyl (C=O) groups excluding carboxylic acids is 1. The summed E-state index contributed by atoms with van der Waals surface area (Å²) in [5.41, 5.74) is 0.331. The SMILES string of the molecule is CN=C(NCCc1cc(F)ccc1F)NC1CCN(C(=O)C(C)C)C1. The van der Waals surface area contributed by atoms with E-state index < -0.39 is 11.6 Å². The first-order valence-corrected chi connectivity index (χ1v) is 8.60. The van der Waals surface area contributed by atoms with Crippen molar-refractivity contribution in [3.63, 3.8) is 0 Å². The summed E-state index contributed by atoms with van der Waals surface area (Å²) >= 11 is 0. The van der Waals surface area contributed by atoms with Crippen molar-refractivity contribution in [3.8, 4) is 0 Å². The molecule has 5 nitrogen and oxygen atoms in total. The van der Waals surface area contributed by atoms with Gasteiger partial charge in [0.15, 0.2) is 5.96 Å². The lowest BCUT2D eigenvalue weighted by molar-refractivity contribution is -0.133. The molecule has 0 radical (unpaired) electrons. The van der Waals surface area contributed by atoms with E-state index in [2.05, 4.69) is 15.6 Å². The summed E-state index contributed by atoms with van der Waals surface area (Å²) in [5, 5.41) is 6.38. The summed E-state index contributed by atoms with van der Waals surface area (Å²) in [7, 11) is 1.66. The highest BCUT2D eigenvalue weighted by Crippen LogP contribution is 2.13. The zero-order chi connectivity index (χ0) is 18.4. The summed E-state index contributed by atoms with van der Waals surface area (Å²) in [6.07, 6.45) is 1.21. The maximum Gasteiger partial charge on any atom is 0.225 e. The highest BCUT2D eigenvalue weighted by atomic mass is 19.1. The van der Waals surface area contributed by atoms with Crippen LogP contribution >= 0.6 is 0 Å². The van der Waals surface area contributed by atoms with E-state index in [-0.39, 0.29) is 17.9 Å². The number of halogens is 2. The van der Waals surface area contributed by atoms with Crippen molar-refractivity contribution < 1.29 is 13.6 Å². The third-order valence-corrected chi connectivity index (χ3v) is 4.25. The first kappa shape index (κ1) is 19.1. The Morgan fingerprint density at radius 2 is 2.16 bits per heavy atom. The Labute approximate surface area is 147 Å². The number of aliphatic imine (C=N–C) groups is 1. The van der Waals surface area contributed by atoms with Gasteiger partial charge in [-0.15, -0.1) is 0 Å². The molecule has 1 aliphatic rings. The summed E-state index contributed by atoms with van der Waals surface area (Å²) in [6, 6.07) is 3.59. The maximum atomic E-state index is 13.6. The Morgan fingerprint density at radius 1 is 1.40 bits per heavy atom. The standard InChI is InChI=1S/C18H26F2N4O/c1-12(2)17(25)24-9-7-15(11-24)23-18(21-3)22-8-6-13-10-14(19)4-5-16(13)20/h4-5,10,12,15H,6-9,11H2,1-3H3,(H2,21,22,23). The molecule has 1 atom stereocenters. The first-order chi connectivity index (χ1) is 11.9. The second-order valence-corrected chi connectivity index (χ2v) is 6.55. The molecule has 1 amide bonds. The largest absolute Gasteiger partial charge is 0.356 e. The fourth-order valence-electron chi connectivity index (χ4n) is 2.88. The minimum Gasteiger partial charge on any atom is -0.356 e. The van der Waals surface area contributed by atoms with Crippen molar-refractivity contribution >= 4 is 11.9 Å². The lowest BCUT2D eigenvalue weighted by atomic mass is 10.1. The van der Waals surface area contributed by atoms with E-state index in [9.17, 15) is 13.6 Å². The van der Waals surface area contributed by atoms with Crippen molar-refractivity contribution in [2.75, 3.05) is 26.7 Å². The first-order valence-electron chi connectivity index (χ1n) is 8.60. The smallest absolute Gasteiger partial charge is 0.225 e. The lowest BCUT2D eigenvalue weighted by Gasteiger charge is -2.20. The van der Waals surface area contributed by atoms with Gasteiger partial charge in [-0.3, -0.25) is 9.79 Å². The zero-order valence-corrected chi connectivity index (χ0v) is 15.0. The van der Waals surface area contributed by atoms with E-state index in [0.29, 0.717) is 31.0 Å². The predicted molar refractivity (Wildman–Crippen MR) is 94.4 cm³/mol. The van der Waals surface area contributed by atoms with Gasteiger partial charge >= 0.3 is 0 Å². The Morgan fingerprint density at radius 3 is 2.84 bits per heavy atom. The van der Waals surface area contributed by atoms with Crippen LogP contribution in [0.3, 0.4) is 0 Å². The van der Waals surface area contributed by atoms with Gasteiger partial charge < -0.3 is 15.5 Å². The fraction of sp³-hybridized carbons (Fsp3) is 0.556. The van der Waals surface area contributed by atoms with E-state index in [4.69, 9.17) is 0 Å². The number of nitrogens with one attached hydrogen (secondary N) is 2. The molecular weight excluding hydrogens is 326 g/mol. The van der Waals surface area contributed by atoms with Crippen molar-refractivity contribution in [1.29, 1.82) is 0 Å². The van der Waals surface area contributed by atoms with Crippen LogP contribution in [0.15, 0.2) is 23.2 Å². The number of likely N-dealkylation sites (tertiary alicyclic amines) is 1. The van der Waals surface area contributed by atoms with Crippen LogP contribution in [-0.2, 0) is 11.2 Å². The topological polar surface area (TPSA) is 56.7 Å². The number of carbonyl (C=O) groups is 1. The summed E-state index contributed by atoms with van der Waals surface area (Å²) in [6.45, 7) is 5.61. The number of hydrogen-bond donors (Lipinski definition) is 2. The van der Waals surface area contributed by atoms with Gasteiger partial charge in [-0.2, -0.15) is 0 Å². The van der Waals surface area contributed by atoms with Crippen LogP contribution in [0.1, 0.15) is 25.8 Å². The molecule has 0 aromatic heterocycles. The number of guanidine groups is 1. The minimum absolute atomic E-state index is 0.00245. The van der Waals surface area contributed by atoms with Crippen LogP contribution in [0.2, 0.25) is 0 Å². The van der Waals surface area contributed by atoms with Gasteiger partial charge in [0.1, 0.15) is 11.6 Å². The zero-order valence-electron chi connectivity index (χ0n) is 15.0. The van der Waals surface area contributed by atoms with Crippen molar-refractivity contribution in [2.45, 2.75) is 32.7 Å². The molecule has 1 aliphatic heterocycles. The van der Waals surface area contributed by atoms with Crippen LogP contribution in [-0.4, -0.2) is 49.5 Å². The number of nitrogens with zero attached hydrogens (tertiary/aromatic N) is 2. The van der Waals surface area contributed by atoms with Crippen molar-refractivity contribution in [1.82, 2.24) is 15.5 Å². The molecule has 2 N–H and O–H groups in total. The van der Waals surface area contributed by atoms with Gasteiger partial charge in [-0.05, 0) is 36.6 Å². The Hall–Kier alpha value is -2.18. The Bertz CT molecular complexity index is 634. The number of amides is 1. The van der Waals surface area contributed by atoms with Gasteiger partial charge in [0.2, 0.25) is 5.91 Å². The molecule has 1 unspecified atom stereocenters. The summed E-state index contributed by atoms with van der Waals surface area (Å²) in [4.78, 5) is 18.0. The molecule has 2 rings (SSSR count). The molecule has 0 spiro atoms. The molecule has 138 valence electrons. The quantitative estimate of drug-likeness (QED) is 0.629. The molecule has 1 fully saturated rings. The molecule has 1 aromatic carbocycles. The van der Waals surface area contributed by atoms with E-state index >= 15 is 0 Å². The number of rotatable bonds is 5. The Kier molecular flexibility index (Phi) is 6.73. The predicted octanol–water partition coefficient (Wildman–Crippen LogP) is 1.93. The normalized spacial score (nSPS) is 17.9. The molecule has 0 bridgehead atoms. The van der Waals surface area contributed by atoms with E-state index in [1.165, 1.54) is 6.07 Å². The molecule has 7 heteroatoms. The monoisotopic (exact) mass is 352 g/mol. The lowest BCUT2D eigenvalue weighted by Crippen LogP contribution is -2.45. The average molecular weight is 352 g/mol. The van der Waals surface area contributed by atoms with Crippen LogP contribution in [0.4, 0.5) is 8.78 Å². The van der Waals surface area contributed by atoms with Gasteiger partial charge in [-0.25, -0.2) is 8.78 Å². The van der Waals surface area contributed by atoms with Gasteiger partial charge in [-0.1, -0.05) is 13.8 Å². The van der Waals surface area contributed by atoms with Crippen LogP contribution in [0.5, 0.6) is 0 Å². The summed E-state index contributed by atoms with van der Waals surface area (Å²) < 4.78 is 26.8. The van der Waals surface area contributed by atoms with E-state index in [0.717, 1.165) is 25.1 Å². The summed E-state index contributed by atoms with van der Waals surface area (Å²) in [5.74, 6) is -0.101. The molecular formula is C18H26F2N4O. The fourth-order valence-corrected chi connectivity index (χ4v) is 2.88. The average Bonchev–Trinajstić information content (AvgIpc) is 3.04. The minimum atomic E-state index is -0.445. The molecule has 0 aliphatic carbocycles. The van der Waals surface area contributed by atoms with Gasteiger partial charge in [0, 0.05) is 38.6 Å². The van der Waals surface area contributed by atoms with Crippen molar-refractivity contribution in [2.24, 2.45) is 10.9 Å². The van der Waals surface area contributed by atoms with Crippen LogP contribution in [0.25, 0.3) is 0 Å². The second kappa shape index (κ2) is 8.78. The molecule has 1 heterocycles. The highest BCUT2D eigenvalue weighted by Gasteiger charge is 2.27. The Balaban J connectivity index is 1.80. The third kappa shape index (κ3) is 5.41. The highest BCUT2D eigenvalue weighted by molar-refractivity contribution is 5.81. The molecule has 1 aromatic rings. The maximum absolute atomic E-state index is 13.6.